The first-order chi connectivity index (χ1) is 14.3. The molecule has 0 saturated carbocycles. The maximum atomic E-state index is 5.92. The van der Waals surface area contributed by atoms with Crippen LogP contribution in [0.15, 0.2) is 48.5 Å². The molecule has 0 aromatic heterocycles. The van der Waals surface area contributed by atoms with Crippen LogP contribution < -0.4 is 14.2 Å². The lowest BCUT2D eigenvalue weighted by Gasteiger charge is -2.10. The third kappa shape index (κ3) is 10.3. The summed E-state index contributed by atoms with van der Waals surface area (Å²) >= 11 is 0. The Kier molecular flexibility index (Phi) is 11.8. The van der Waals surface area contributed by atoms with Gasteiger partial charge in [0.2, 0.25) is 0 Å². The molecule has 0 aliphatic rings. The quantitative estimate of drug-likeness (QED) is 0.267. The zero-order chi connectivity index (χ0) is 20.6. The average molecular weight is 399 g/mol. The number of hydrogen-bond acceptors (Lipinski definition) is 3. The van der Waals surface area contributed by atoms with Crippen LogP contribution in [0, 0.1) is 0 Å². The largest absolute Gasteiger partial charge is 0.494 e. The second kappa shape index (κ2) is 14.8. The van der Waals surface area contributed by atoms with Crippen molar-refractivity contribution in [3.05, 3.63) is 48.5 Å². The standard InChI is InChI=1S/C26H38O3/c1-3-5-7-9-11-21-27-23-13-17-25(18-14-23)29-26-19-15-24(16-20-26)28-22-12-10-8-6-4-2/h13-20H,3-12,21-22H2,1-2H3. The molecule has 0 aliphatic heterocycles. The summed E-state index contributed by atoms with van der Waals surface area (Å²) in [4.78, 5) is 0. The maximum Gasteiger partial charge on any atom is 0.127 e. The summed E-state index contributed by atoms with van der Waals surface area (Å²) in [5, 5.41) is 0. The number of rotatable bonds is 16. The van der Waals surface area contributed by atoms with Gasteiger partial charge in [-0.25, -0.2) is 0 Å². The molecule has 2 aromatic carbocycles. The average Bonchev–Trinajstić information content (AvgIpc) is 2.75. The molecule has 0 spiro atoms. The Morgan fingerprint density at radius 2 is 0.793 bits per heavy atom. The van der Waals surface area contributed by atoms with Crippen LogP contribution in [-0.4, -0.2) is 13.2 Å². The van der Waals surface area contributed by atoms with E-state index in [9.17, 15) is 0 Å². The first-order valence-electron chi connectivity index (χ1n) is 11.5. The van der Waals surface area contributed by atoms with Crippen molar-refractivity contribution in [3.63, 3.8) is 0 Å². The summed E-state index contributed by atoms with van der Waals surface area (Å²) in [6.07, 6.45) is 12.5. The summed E-state index contributed by atoms with van der Waals surface area (Å²) in [5.74, 6) is 3.42. The number of hydrogen-bond donors (Lipinski definition) is 0. The molecule has 0 bridgehead atoms. The van der Waals surface area contributed by atoms with Crippen molar-refractivity contribution >= 4 is 0 Å². The van der Waals surface area contributed by atoms with Crippen molar-refractivity contribution in [2.75, 3.05) is 13.2 Å². The minimum Gasteiger partial charge on any atom is -0.494 e. The van der Waals surface area contributed by atoms with Gasteiger partial charge >= 0.3 is 0 Å². The fraction of sp³-hybridized carbons (Fsp3) is 0.538. The summed E-state index contributed by atoms with van der Waals surface area (Å²) < 4.78 is 17.5. The fourth-order valence-corrected chi connectivity index (χ4v) is 3.14. The third-order valence-electron chi connectivity index (χ3n) is 4.92. The lowest BCUT2D eigenvalue weighted by Crippen LogP contribution is -1.97. The zero-order valence-electron chi connectivity index (χ0n) is 18.3. The Labute approximate surface area is 177 Å². The molecule has 0 atom stereocenters. The molecule has 0 heterocycles. The molecule has 0 unspecified atom stereocenters. The lowest BCUT2D eigenvalue weighted by atomic mass is 10.2. The van der Waals surface area contributed by atoms with E-state index < -0.39 is 0 Å². The van der Waals surface area contributed by atoms with Crippen LogP contribution in [0.25, 0.3) is 0 Å². The van der Waals surface area contributed by atoms with Gasteiger partial charge in [-0.05, 0) is 61.4 Å². The first-order valence-corrected chi connectivity index (χ1v) is 11.5. The summed E-state index contributed by atoms with van der Waals surface area (Å²) in [5.41, 5.74) is 0. The Morgan fingerprint density at radius 1 is 0.448 bits per heavy atom. The molecule has 3 heteroatoms. The number of benzene rings is 2. The molecule has 29 heavy (non-hydrogen) atoms. The highest BCUT2D eigenvalue weighted by Crippen LogP contribution is 2.26. The van der Waals surface area contributed by atoms with Crippen LogP contribution in [-0.2, 0) is 0 Å². The van der Waals surface area contributed by atoms with Gasteiger partial charge in [0.05, 0.1) is 13.2 Å². The van der Waals surface area contributed by atoms with Gasteiger partial charge in [-0.3, -0.25) is 0 Å². The summed E-state index contributed by atoms with van der Waals surface area (Å²) in [6.45, 7) is 6.03. The Hall–Kier alpha value is -2.16. The minimum atomic E-state index is 0.782. The van der Waals surface area contributed by atoms with E-state index >= 15 is 0 Å². The van der Waals surface area contributed by atoms with Crippen LogP contribution in [0.5, 0.6) is 23.0 Å². The van der Waals surface area contributed by atoms with Crippen LogP contribution >= 0.6 is 0 Å². The summed E-state index contributed by atoms with van der Waals surface area (Å²) in [6, 6.07) is 15.7. The molecular formula is C26H38O3. The SMILES string of the molecule is CCCCCCCOc1ccc(Oc2ccc(OCCCCCCC)cc2)cc1. The van der Waals surface area contributed by atoms with Crippen molar-refractivity contribution in [1.29, 1.82) is 0 Å². The molecule has 0 radical (unpaired) electrons. The van der Waals surface area contributed by atoms with Gasteiger partial charge in [0.25, 0.3) is 0 Å². The van der Waals surface area contributed by atoms with E-state index in [0.29, 0.717) is 0 Å². The topological polar surface area (TPSA) is 27.7 Å². The first kappa shape index (κ1) is 23.1. The molecule has 0 fully saturated rings. The van der Waals surface area contributed by atoms with Gasteiger partial charge in [-0.1, -0.05) is 65.2 Å². The second-order valence-electron chi connectivity index (χ2n) is 7.57. The van der Waals surface area contributed by atoms with E-state index in [1.165, 1.54) is 51.4 Å². The van der Waals surface area contributed by atoms with Crippen LogP contribution in [0.4, 0.5) is 0 Å². The van der Waals surface area contributed by atoms with Crippen LogP contribution in [0.1, 0.15) is 78.1 Å². The van der Waals surface area contributed by atoms with Crippen molar-refractivity contribution in [2.24, 2.45) is 0 Å². The lowest BCUT2D eigenvalue weighted by molar-refractivity contribution is 0.304. The van der Waals surface area contributed by atoms with Gasteiger partial charge in [0.1, 0.15) is 23.0 Å². The highest BCUT2D eigenvalue weighted by Gasteiger charge is 2.01. The normalized spacial score (nSPS) is 10.7. The van der Waals surface area contributed by atoms with Gasteiger partial charge in [0.15, 0.2) is 0 Å². The van der Waals surface area contributed by atoms with E-state index in [2.05, 4.69) is 13.8 Å². The van der Waals surface area contributed by atoms with E-state index in [-0.39, 0.29) is 0 Å². The van der Waals surface area contributed by atoms with Crippen LogP contribution in [0.2, 0.25) is 0 Å². The van der Waals surface area contributed by atoms with Crippen molar-refractivity contribution in [3.8, 4) is 23.0 Å². The van der Waals surface area contributed by atoms with Gasteiger partial charge in [-0.2, -0.15) is 0 Å². The molecule has 3 nitrogen and oxygen atoms in total. The minimum absolute atomic E-state index is 0.782. The summed E-state index contributed by atoms with van der Waals surface area (Å²) in [7, 11) is 0. The molecule has 2 aromatic rings. The molecule has 0 aliphatic carbocycles. The third-order valence-corrected chi connectivity index (χ3v) is 4.92. The van der Waals surface area contributed by atoms with Crippen molar-refractivity contribution < 1.29 is 14.2 Å². The fourth-order valence-electron chi connectivity index (χ4n) is 3.14. The maximum absolute atomic E-state index is 5.92. The number of ether oxygens (including phenoxy) is 3. The van der Waals surface area contributed by atoms with E-state index in [1.54, 1.807) is 0 Å². The molecule has 0 saturated heterocycles. The molecular weight excluding hydrogens is 360 g/mol. The highest BCUT2D eigenvalue weighted by atomic mass is 16.5. The Bertz CT molecular complexity index is 577. The van der Waals surface area contributed by atoms with Crippen molar-refractivity contribution in [2.45, 2.75) is 78.1 Å². The number of unbranched alkanes of at least 4 members (excludes halogenated alkanes) is 8. The van der Waals surface area contributed by atoms with Crippen molar-refractivity contribution in [1.82, 2.24) is 0 Å². The zero-order valence-corrected chi connectivity index (χ0v) is 18.3. The van der Waals surface area contributed by atoms with E-state index in [4.69, 9.17) is 14.2 Å². The Balaban J connectivity index is 1.66. The second-order valence-corrected chi connectivity index (χ2v) is 7.57. The van der Waals surface area contributed by atoms with Gasteiger partial charge in [-0.15, -0.1) is 0 Å². The van der Waals surface area contributed by atoms with Crippen LogP contribution in [0.3, 0.4) is 0 Å². The smallest absolute Gasteiger partial charge is 0.127 e. The van der Waals surface area contributed by atoms with Gasteiger partial charge < -0.3 is 14.2 Å². The monoisotopic (exact) mass is 398 g/mol. The van der Waals surface area contributed by atoms with E-state index in [1.807, 2.05) is 48.5 Å². The molecule has 0 amide bonds. The predicted molar refractivity (Wildman–Crippen MR) is 121 cm³/mol. The highest BCUT2D eigenvalue weighted by molar-refractivity contribution is 5.37. The molecule has 160 valence electrons. The van der Waals surface area contributed by atoms with Gasteiger partial charge in [0, 0.05) is 0 Å². The molecule has 2 rings (SSSR count). The molecule has 0 N–H and O–H groups in total. The van der Waals surface area contributed by atoms with E-state index in [0.717, 1.165) is 49.1 Å². The predicted octanol–water partition coefficient (Wildman–Crippen LogP) is 8.18. The Morgan fingerprint density at radius 3 is 1.17 bits per heavy atom.